The van der Waals surface area contributed by atoms with Crippen LogP contribution in [0.5, 0.6) is 0 Å². The lowest BCUT2D eigenvalue weighted by Gasteiger charge is -2.22. The predicted octanol–water partition coefficient (Wildman–Crippen LogP) is 2.35. The Morgan fingerprint density at radius 3 is 2.65 bits per heavy atom. The van der Waals surface area contributed by atoms with Crippen molar-refractivity contribution >= 4 is 5.78 Å². The molecule has 3 heteroatoms. The minimum atomic E-state index is -0.0498. The Morgan fingerprint density at radius 1 is 1.41 bits per heavy atom. The first-order valence-corrected chi connectivity index (χ1v) is 6.04. The third-order valence-corrected chi connectivity index (χ3v) is 2.47. The number of Topliss-reactive ketones (excluding diaryl/α,β-unsaturated/α-hetero) is 1. The maximum atomic E-state index is 11.8. The lowest BCUT2D eigenvalue weighted by molar-refractivity contribution is -0.118. The fourth-order valence-corrected chi connectivity index (χ4v) is 1.93. The van der Waals surface area contributed by atoms with E-state index in [1.807, 2.05) is 18.2 Å². The van der Waals surface area contributed by atoms with Crippen molar-refractivity contribution in [2.75, 3.05) is 0 Å². The molecule has 0 radical (unpaired) electrons. The van der Waals surface area contributed by atoms with Crippen molar-refractivity contribution in [2.45, 2.75) is 46.1 Å². The van der Waals surface area contributed by atoms with Crippen LogP contribution < -0.4 is 5.73 Å². The van der Waals surface area contributed by atoms with E-state index in [9.17, 15) is 4.79 Å². The van der Waals surface area contributed by atoms with Crippen LogP contribution in [0.25, 0.3) is 0 Å². The normalized spacial score (nSPS) is 13.4. The molecule has 0 fully saturated rings. The molecule has 1 unspecified atom stereocenters. The molecule has 0 aliphatic heterocycles. The summed E-state index contributed by atoms with van der Waals surface area (Å²) in [5.74, 6) is 0.167. The Bertz CT molecular complexity index is 354. The zero-order valence-corrected chi connectivity index (χ0v) is 10.9. The standard InChI is InChI=1S/C14H22N2O/c1-14(2,3)10-11(15)8-13(17)9-12-6-4-5-7-16-12/h4-7,11H,8-10,15H2,1-3H3. The van der Waals surface area contributed by atoms with E-state index in [-0.39, 0.29) is 17.2 Å². The van der Waals surface area contributed by atoms with Gasteiger partial charge in [-0.25, -0.2) is 0 Å². The van der Waals surface area contributed by atoms with E-state index in [1.54, 1.807) is 6.20 Å². The Balaban J connectivity index is 2.40. The summed E-state index contributed by atoms with van der Waals surface area (Å²) in [6.07, 6.45) is 3.39. The minimum Gasteiger partial charge on any atom is -0.327 e. The van der Waals surface area contributed by atoms with Crippen LogP contribution in [-0.4, -0.2) is 16.8 Å². The minimum absolute atomic E-state index is 0.0498. The molecule has 0 saturated carbocycles. The third-order valence-electron chi connectivity index (χ3n) is 2.47. The molecule has 1 rings (SSSR count). The maximum Gasteiger partial charge on any atom is 0.140 e. The highest BCUT2D eigenvalue weighted by Crippen LogP contribution is 2.21. The molecule has 0 bridgehead atoms. The molecular weight excluding hydrogens is 212 g/mol. The first kappa shape index (κ1) is 13.8. The van der Waals surface area contributed by atoms with Gasteiger partial charge in [0.2, 0.25) is 0 Å². The van der Waals surface area contributed by atoms with Crippen LogP contribution in [0.3, 0.4) is 0 Å². The van der Waals surface area contributed by atoms with Gasteiger partial charge in [-0.1, -0.05) is 26.8 Å². The van der Waals surface area contributed by atoms with Crippen LogP contribution in [0.1, 0.15) is 39.3 Å². The molecule has 0 saturated heterocycles. The number of nitrogens with two attached hydrogens (primary N) is 1. The van der Waals surface area contributed by atoms with Crippen molar-refractivity contribution in [3.63, 3.8) is 0 Å². The highest BCUT2D eigenvalue weighted by atomic mass is 16.1. The quantitative estimate of drug-likeness (QED) is 0.850. The number of carbonyl (C=O) groups excluding carboxylic acids is 1. The molecule has 0 aliphatic rings. The van der Waals surface area contributed by atoms with Gasteiger partial charge < -0.3 is 5.73 Å². The largest absolute Gasteiger partial charge is 0.327 e. The summed E-state index contributed by atoms with van der Waals surface area (Å²) in [7, 11) is 0. The lowest BCUT2D eigenvalue weighted by atomic mass is 9.86. The predicted molar refractivity (Wildman–Crippen MR) is 69.6 cm³/mol. The van der Waals surface area contributed by atoms with Crippen molar-refractivity contribution in [3.8, 4) is 0 Å². The third kappa shape index (κ3) is 6.17. The summed E-state index contributed by atoms with van der Waals surface area (Å²) >= 11 is 0. The molecule has 17 heavy (non-hydrogen) atoms. The first-order valence-electron chi connectivity index (χ1n) is 6.04. The van der Waals surface area contributed by atoms with Gasteiger partial charge in [0.1, 0.15) is 5.78 Å². The van der Waals surface area contributed by atoms with Gasteiger partial charge in [0.05, 0.1) is 0 Å². The average molecular weight is 234 g/mol. The van der Waals surface area contributed by atoms with Crippen molar-refractivity contribution < 1.29 is 4.79 Å². The number of nitrogens with zero attached hydrogens (tertiary/aromatic N) is 1. The number of hydrogen-bond donors (Lipinski definition) is 1. The van der Waals surface area contributed by atoms with Gasteiger partial charge in [0.25, 0.3) is 0 Å². The van der Waals surface area contributed by atoms with Gasteiger partial charge in [-0.2, -0.15) is 0 Å². The number of ketones is 1. The highest BCUT2D eigenvalue weighted by Gasteiger charge is 2.18. The van der Waals surface area contributed by atoms with Crippen LogP contribution in [0, 0.1) is 5.41 Å². The zero-order valence-electron chi connectivity index (χ0n) is 10.9. The van der Waals surface area contributed by atoms with Crippen molar-refractivity contribution in [1.29, 1.82) is 0 Å². The van der Waals surface area contributed by atoms with Crippen LogP contribution in [0.2, 0.25) is 0 Å². The summed E-state index contributed by atoms with van der Waals surface area (Å²) < 4.78 is 0. The Labute approximate surface area is 103 Å². The van der Waals surface area contributed by atoms with Crippen LogP contribution in [0.15, 0.2) is 24.4 Å². The lowest BCUT2D eigenvalue weighted by Crippen LogP contribution is -2.29. The smallest absolute Gasteiger partial charge is 0.140 e. The number of hydrogen-bond acceptors (Lipinski definition) is 3. The molecule has 1 aromatic heterocycles. The Kier molecular flexibility index (Phi) is 4.82. The topological polar surface area (TPSA) is 56.0 Å². The summed E-state index contributed by atoms with van der Waals surface area (Å²) in [4.78, 5) is 15.9. The van der Waals surface area contributed by atoms with E-state index in [0.717, 1.165) is 12.1 Å². The van der Waals surface area contributed by atoms with E-state index >= 15 is 0 Å². The second-order valence-corrected chi connectivity index (χ2v) is 5.77. The van der Waals surface area contributed by atoms with E-state index < -0.39 is 0 Å². The van der Waals surface area contributed by atoms with Gasteiger partial charge in [0.15, 0.2) is 0 Å². The maximum absolute atomic E-state index is 11.8. The van der Waals surface area contributed by atoms with Crippen LogP contribution >= 0.6 is 0 Å². The second kappa shape index (κ2) is 5.92. The van der Waals surface area contributed by atoms with Crippen LogP contribution in [-0.2, 0) is 11.2 Å². The molecule has 1 atom stereocenters. The molecule has 0 amide bonds. The van der Waals surface area contributed by atoms with Gasteiger partial charge in [-0.05, 0) is 24.0 Å². The van der Waals surface area contributed by atoms with Crippen molar-refractivity contribution in [1.82, 2.24) is 4.98 Å². The zero-order chi connectivity index (χ0) is 12.9. The summed E-state index contributed by atoms with van der Waals surface area (Å²) in [6, 6.07) is 5.56. The van der Waals surface area contributed by atoms with Gasteiger partial charge in [-0.15, -0.1) is 0 Å². The fourth-order valence-electron chi connectivity index (χ4n) is 1.93. The van der Waals surface area contributed by atoms with E-state index in [4.69, 9.17) is 5.73 Å². The number of pyridine rings is 1. The number of aromatic nitrogens is 1. The summed E-state index contributed by atoms with van der Waals surface area (Å²) in [5.41, 5.74) is 6.96. The van der Waals surface area contributed by atoms with E-state index in [2.05, 4.69) is 25.8 Å². The van der Waals surface area contributed by atoms with Crippen molar-refractivity contribution in [3.05, 3.63) is 30.1 Å². The van der Waals surface area contributed by atoms with E-state index in [0.29, 0.717) is 12.8 Å². The first-order chi connectivity index (χ1) is 7.87. The molecule has 1 aromatic rings. The average Bonchev–Trinajstić information content (AvgIpc) is 2.15. The van der Waals surface area contributed by atoms with Crippen LogP contribution in [0.4, 0.5) is 0 Å². The molecule has 0 aromatic carbocycles. The van der Waals surface area contributed by atoms with Gasteiger partial charge in [0, 0.05) is 30.8 Å². The molecule has 1 heterocycles. The highest BCUT2D eigenvalue weighted by molar-refractivity contribution is 5.80. The molecule has 94 valence electrons. The summed E-state index contributed by atoms with van der Waals surface area (Å²) in [6.45, 7) is 6.41. The fraction of sp³-hybridized carbons (Fsp3) is 0.571. The second-order valence-electron chi connectivity index (χ2n) is 5.77. The molecule has 0 aliphatic carbocycles. The number of rotatable bonds is 5. The van der Waals surface area contributed by atoms with E-state index in [1.165, 1.54) is 0 Å². The monoisotopic (exact) mass is 234 g/mol. The Morgan fingerprint density at radius 2 is 2.12 bits per heavy atom. The SMILES string of the molecule is CC(C)(C)CC(N)CC(=O)Cc1ccccn1. The van der Waals surface area contributed by atoms with Gasteiger partial charge in [-0.3, -0.25) is 9.78 Å². The number of carbonyl (C=O) groups is 1. The summed E-state index contributed by atoms with van der Waals surface area (Å²) in [5, 5.41) is 0. The molecule has 3 nitrogen and oxygen atoms in total. The Hall–Kier alpha value is -1.22. The molecular formula is C14H22N2O. The van der Waals surface area contributed by atoms with Gasteiger partial charge >= 0.3 is 0 Å². The van der Waals surface area contributed by atoms with Crippen molar-refractivity contribution in [2.24, 2.45) is 11.1 Å². The molecule has 2 N–H and O–H groups in total. The molecule has 0 spiro atoms.